The minimum absolute atomic E-state index is 0.237. The number of hydrogen-bond donors (Lipinski definition) is 0. The maximum absolute atomic E-state index is 2.37. The first-order valence-electron chi connectivity index (χ1n) is 6.18. The summed E-state index contributed by atoms with van der Waals surface area (Å²) in [5.74, 6) is 0. The minimum Gasteiger partial charge on any atom is -0.0879 e. The molecule has 3 rings (SSSR count). The SMILES string of the molecule is CC1(C)C2=C(CCC=CC2)c2ccccc21. The van der Waals surface area contributed by atoms with E-state index < -0.39 is 0 Å². The molecule has 0 aliphatic heterocycles. The lowest BCUT2D eigenvalue weighted by Gasteiger charge is -2.24. The van der Waals surface area contributed by atoms with Crippen molar-refractivity contribution >= 4 is 5.57 Å². The van der Waals surface area contributed by atoms with Crippen LogP contribution in [0.25, 0.3) is 5.57 Å². The van der Waals surface area contributed by atoms with Crippen LogP contribution in [0.5, 0.6) is 0 Å². The molecule has 1 aromatic rings. The summed E-state index contributed by atoms with van der Waals surface area (Å²) in [7, 11) is 0. The Balaban J connectivity index is 2.22. The molecule has 16 heavy (non-hydrogen) atoms. The molecule has 0 N–H and O–H groups in total. The number of benzene rings is 1. The highest BCUT2D eigenvalue weighted by molar-refractivity contribution is 5.80. The summed E-state index contributed by atoms with van der Waals surface area (Å²) < 4.78 is 0. The van der Waals surface area contributed by atoms with Crippen LogP contribution in [0.1, 0.15) is 44.2 Å². The first-order valence-corrected chi connectivity index (χ1v) is 6.18. The zero-order valence-electron chi connectivity index (χ0n) is 10.1. The van der Waals surface area contributed by atoms with Gasteiger partial charge in [-0.3, -0.25) is 0 Å². The van der Waals surface area contributed by atoms with Gasteiger partial charge in [-0.15, -0.1) is 0 Å². The van der Waals surface area contributed by atoms with E-state index in [0.717, 1.165) is 6.42 Å². The summed E-state index contributed by atoms with van der Waals surface area (Å²) in [5, 5.41) is 0. The highest BCUT2D eigenvalue weighted by atomic mass is 14.4. The molecule has 0 nitrogen and oxygen atoms in total. The van der Waals surface area contributed by atoms with Gasteiger partial charge in [-0.25, -0.2) is 0 Å². The summed E-state index contributed by atoms with van der Waals surface area (Å²) >= 11 is 0. The van der Waals surface area contributed by atoms with Gasteiger partial charge in [-0.2, -0.15) is 0 Å². The van der Waals surface area contributed by atoms with Crippen LogP contribution in [0.2, 0.25) is 0 Å². The summed E-state index contributed by atoms with van der Waals surface area (Å²) in [4.78, 5) is 0. The van der Waals surface area contributed by atoms with E-state index in [0.29, 0.717) is 0 Å². The number of allylic oxidation sites excluding steroid dienone is 4. The van der Waals surface area contributed by atoms with Crippen LogP contribution in [0.4, 0.5) is 0 Å². The Kier molecular flexibility index (Phi) is 2.07. The summed E-state index contributed by atoms with van der Waals surface area (Å²) in [6, 6.07) is 8.93. The average Bonchev–Trinajstić information content (AvgIpc) is 2.50. The van der Waals surface area contributed by atoms with Crippen molar-refractivity contribution in [3.8, 4) is 0 Å². The molecule has 0 saturated carbocycles. The lowest BCUT2D eigenvalue weighted by Crippen LogP contribution is -2.16. The topological polar surface area (TPSA) is 0 Å². The lowest BCUT2D eigenvalue weighted by molar-refractivity contribution is 0.625. The fraction of sp³-hybridized carbons (Fsp3) is 0.375. The molecular formula is C16H18. The minimum atomic E-state index is 0.237. The van der Waals surface area contributed by atoms with Crippen molar-refractivity contribution < 1.29 is 0 Å². The van der Waals surface area contributed by atoms with Crippen molar-refractivity contribution in [3.05, 3.63) is 53.1 Å². The van der Waals surface area contributed by atoms with Gasteiger partial charge in [-0.1, -0.05) is 55.8 Å². The third kappa shape index (κ3) is 1.22. The van der Waals surface area contributed by atoms with Gasteiger partial charge in [0.15, 0.2) is 0 Å². The van der Waals surface area contributed by atoms with E-state index in [1.165, 1.54) is 24.0 Å². The Hall–Kier alpha value is -1.30. The Bertz CT molecular complexity index is 487. The van der Waals surface area contributed by atoms with Gasteiger partial charge in [0.1, 0.15) is 0 Å². The molecule has 0 saturated heterocycles. The number of rotatable bonds is 0. The van der Waals surface area contributed by atoms with Crippen LogP contribution in [0.3, 0.4) is 0 Å². The molecule has 0 aromatic heterocycles. The first-order chi connectivity index (χ1) is 7.71. The smallest absolute Gasteiger partial charge is 0.0120 e. The molecule has 0 bridgehead atoms. The monoisotopic (exact) mass is 210 g/mol. The fourth-order valence-corrected chi connectivity index (χ4v) is 3.20. The third-order valence-corrected chi connectivity index (χ3v) is 4.09. The van der Waals surface area contributed by atoms with Gasteiger partial charge in [0.2, 0.25) is 0 Å². The zero-order chi connectivity index (χ0) is 11.2. The molecule has 0 unspecified atom stereocenters. The Morgan fingerprint density at radius 1 is 1.06 bits per heavy atom. The molecule has 0 fully saturated rings. The van der Waals surface area contributed by atoms with Crippen molar-refractivity contribution in [1.29, 1.82) is 0 Å². The molecule has 0 heteroatoms. The Morgan fingerprint density at radius 2 is 1.88 bits per heavy atom. The van der Waals surface area contributed by atoms with E-state index >= 15 is 0 Å². The molecule has 0 atom stereocenters. The van der Waals surface area contributed by atoms with E-state index in [1.54, 1.807) is 11.1 Å². The molecule has 0 amide bonds. The molecule has 2 aliphatic carbocycles. The van der Waals surface area contributed by atoms with Crippen LogP contribution in [-0.2, 0) is 5.41 Å². The van der Waals surface area contributed by atoms with Crippen molar-refractivity contribution in [2.75, 3.05) is 0 Å². The average molecular weight is 210 g/mol. The number of fused-ring (bicyclic) bond motifs is 2. The second kappa shape index (κ2) is 3.35. The van der Waals surface area contributed by atoms with Crippen LogP contribution < -0.4 is 0 Å². The molecule has 2 aliphatic rings. The van der Waals surface area contributed by atoms with Crippen molar-refractivity contribution in [2.45, 2.75) is 38.5 Å². The zero-order valence-corrected chi connectivity index (χ0v) is 10.1. The van der Waals surface area contributed by atoms with Crippen LogP contribution in [-0.4, -0.2) is 0 Å². The van der Waals surface area contributed by atoms with Gasteiger partial charge in [0, 0.05) is 5.41 Å². The van der Waals surface area contributed by atoms with E-state index in [1.807, 2.05) is 0 Å². The molecule has 0 radical (unpaired) electrons. The van der Waals surface area contributed by atoms with Crippen LogP contribution >= 0.6 is 0 Å². The third-order valence-electron chi connectivity index (χ3n) is 4.09. The lowest BCUT2D eigenvalue weighted by atomic mass is 9.80. The van der Waals surface area contributed by atoms with Gasteiger partial charge in [0.25, 0.3) is 0 Å². The van der Waals surface area contributed by atoms with Crippen LogP contribution in [0.15, 0.2) is 42.0 Å². The quantitative estimate of drug-likeness (QED) is 0.554. The maximum Gasteiger partial charge on any atom is 0.0120 e. The summed E-state index contributed by atoms with van der Waals surface area (Å²) in [6.45, 7) is 4.74. The maximum atomic E-state index is 2.37. The molecule has 0 heterocycles. The van der Waals surface area contributed by atoms with Crippen LogP contribution in [0, 0.1) is 0 Å². The van der Waals surface area contributed by atoms with E-state index in [9.17, 15) is 0 Å². The number of hydrogen-bond acceptors (Lipinski definition) is 0. The second-order valence-corrected chi connectivity index (χ2v) is 5.34. The highest BCUT2D eigenvalue weighted by Gasteiger charge is 2.36. The normalized spacial score (nSPS) is 21.6. The van der Waals surface area contributed by atoms with Gasteiger partial charge < -0.3 is 0 Å². The molecule has 82 valence electrons. The molecule has 0 spiro atoms. The van der Waals surface area contributed by atoms with Crippen molar-refractivity contribution in [3.63, 3.8) is 0 Å². The van der Waals surface area contributed by atoms with Gasteiger partial charge >= 0.3 is 0 Å². The first kappa shape index (κ1) is 9.89. The summed E-state index contributed by atoms with van der Waals surface area (Å²) in [5.41, 5.74) is 6.52. The predicted octanol–water partition coefficient (Wildman–Crippen LogP) is 4.47. The molecule has 1 aromatic carbocycles. The standard InChI is InChI=1S/C16H18/c1-16(2)14-10-5-3-4-8-12(14)13-9-6-7-11-15(13)16/h3,5-7,9,11H,4,8,10H2,1-2H3. The van der Waals surface area contributed by atoms with E-state index in [-0.39, 0.29) is 5.41 Å². The Labute approximate surface area is 97.7 Å². The van der Waals surface area contributed by atoms with E-state index in [4.69, 9.17) is 0 Å². The van der Waals surface area contributed by atoms with Gasteiger partial charge in [-0.05, 0) is 36.0 Å². The summed E-state index contributed by atoms with van der Waals surface area (Å²) in [6.07, 6.45) is 8.22. The Morgan fingerprint density at radius 3 is 2.75 bits per heavy atom. The largest absolute Gasteiger partial charge is 0.0879 e. The van der Waals surface area contributed by atoms with E-state index in [2.05, 4.69) is 50.3 Å². The second-order valence-electron chi connectivity index (χ2n) is 5.34. The molecular weight excluding hydrogens is 192 g/mol. The van der Waals surface area contributed by atoms with Crippen molar-refractivity contribution in [1.82, 2.24) is 0 Å². The van der Waals surface area contributed by atoms with Crippen molar-refractivity contribution in [2.24, 2.45) is 0 Å². The predicted molar refractivity (Wildman–Crippen MR) is 69.4 cm³/mol. The van der Waals surface area contributed by atoms with Gasteiger partial charge in [0.05, 0.1) is 0 Å². The fourth-order valence-electron chi connectivity index (χ4n) is 3.20. The highest BCUT2D eigenvalue weighted by Crippen LogP contribution is 2.49.